The van der Waals surface area contributed by atoms with Crippen LogP contribution in [0, 0.1) is 6.92 Å². The van der Waals surface area contributed by atoms with Gasteiger partial charge in [0, 0.05) is 17.8 Å². The molecular formula is C16H14ClN5S. The lowest BCUT2D eigenvalue weighted by Crippen LogP contribution is -2.08. The second-order valence-electron chi connectivity index (χ2n) is 5.29. The minimum Gasteiger partial charge on any atom is -0.369 e. The van der Waals surface area contributed by atoms with E-state index in [-0.39, 0.29) is 5.28 Å². The maximum atomic E-state index is 6.01. The summed E-state index contributed by atoms with van der Waals surface area (Å²) in [5, 5.41) is 4.63. The van der Waals surface area contributed by atoms with E-state index in [0.29, 0.717) is 0 Å². The molecule has 3 heterocycles. The third-order valence-corrected chi connectivity index (χ3v) is 4.69. The summed E-state index contributed by atoms with van der Waals surface area (Å²) in [5.41, 5.74) is 2.05. The molecule has 0 aliphatic carbocycles. The Hall–Kier alpha value is -2.18. The smallest absolute Gasteiger partial charge is 0.225 e. The lowest BCUT2D eigenvalue weighted by Gasteiger charge is -2.05. The van der Waals surface area contributed by atoms with E-state index in [9.17, 15) is 0 Å². The van der Waals surface area contributed by atoms with Gasteiger partial charge in [-0.1, -0.05) is 12.1 Å². The Morgan fingerprint density at radius 2 is 2.09 bits per heavy atom. The van der Waals surface area contributed by atoms with Gasteiger partial charge in [-0.15, -0.1) is 11.3 Å². The summed E-state index contributed by atoms with van der Waals surface area (Å²) in [5.74, 6) is 1.73. The Morgan fingerprint density at radius 3 is 2.96 bits per heavy atom. The monoisotopic (exact) mass is 343 g/mol. The van der Waals surface area contributed by atoms with E-state index >= 15 is 0 Å². The number of aromatic nitrogens is 4. The highest BCUT2D eigenvalue weighted by Crippen LogP contribution is 2.29. The average molecular weight is 344 g/mol. The summed E-state index contributed by atoms with van der Waals surface area (Å²) in [7, 11) is 0. The van der Waals surface area contributed by atoms with Crippen LogP contribution in [0.5, 0.6) is 0 Å². The number of nitrogens with zero attached hydrogens (tertiary/aromatic N) is 3. The fourth-order valence-corrected chi connectivity index (χ4v) is 3.67. The zero-order valence-corrected chi connectivity index (χ0v) is 14.0. The SMILES string of the molecule is Cc1cc2c(NCCc3nc4ccccc4[nH]3)nc(Cl)nc2s1. The average Bonchev–Trinajstić information content (AvgIpc) is 3.09. The fourth-order valence-electron chi connectivity index (χ4n) is 2.57. The number of hydrogen-bond acceptors (Lipinski definition) is 5. The molecule has 0 radical (unpaired) electrons. The zero-order valence-electron chi connectivity index (χ0n) is 12.4. The van der Waals surface area contributed by atoms with Crippen LogP contribution in [0.25, 0.3) is 21.3 Å². The Bertz CT molecular complexity index is 958. The van der Waals surface area contributed by atoms with Crippen LogP contribution in [0.15, 0.2) is 30.3 Å². The molecule has 4 aromatic rings. The van der Waals surface area contributed by atoms with Crippen LogP contribution >= 0.6 is 22.9 Å². The molecular weight excluding hydrogens is 330 g/mol. The van der Waals surface area contributed by atoms with Gasteiger partial charge in [-0.05, 0) is 36.7 Å². The van der Waals surface area contributed by atoms with Crippen molar-refractivity contribution in [3.05, 3.63) is 46.3 Å². The predicted octanol–water partition coefficient (Wildman–Crippen LogP) is 4.18. The quantitative estimate of drug-likeness (QED) is 0.545. The zero-order chi connectivity index (χ0) is 15.8. The number of aryl methyl sites for hydroxylation is 1. The molecule has 3 aromatic heterocycles. The van der Waals surface area contributed by atoms with E-state index < -0.39 is 0 Å². The third kappa shape index (κ3) is 2.87. The number of nitrogens with one attached hydrogen (secondary N) is 2. The van der Waals surface area contributed by atoms with Crippen LogP contribution < -0.4 is 5.32 Å². The highest BCUT2D eigenvalue weighted by molar-refractivity contribution is 7.18. The van der Waals surface area contributed by atoms with E-state index in [1.165, 1.54) is 4.88 Å². The molecule has 2 N–H and O–H groups in total. The number of thiophene rings is 1. The first kappa shape index (κ1) is 14.4. The first-order valence-corrected chi connectivity index (χ1v) is 8.50. The van der Waals surface area contributed by atoms with Crippen molar-refractivity contribution in [3.63, 3.8) is 0 Å². The maximum Gasteiger partial charge on any atom is 0.225 e. The Labute approximate surface area is 141 Å². The van der Waals surface area contributed by atoms with E-state index in [1.54, 1.807) is 11.3 Å². The second kappa shape index (κ2) is 5.79. The van der Waals surface area contributed by atoms with Gasteiger partial charge in [-0.3, -0.25) is 0 Å². The normalized spacial score (nSPS) is 11.4. The van der Waals surface area contributed by atoms with Gasteiger partial charge in [0.25, 0.3) is 0 Å². The van der Waals surface area contributed by atoms with Crippen LogP contribution in [-0.2, 0) is 6.42 Å². The third-order valence-electron chi connectivity index (χ3n) is 3.58. The molecule has 0 atom stereocenters. The van der Waals surface area contributed by atoms with Crippen LogP contribution in [0.4, 0.5) is 5.82 Å². The molecule has 7 heteroatoms. The standard InChI is InChI=1S/C16H14ClN5S/c1-9-8-10-14(21-16(17)22-15(10)23-9)18-7-6-13-19-11-4-2-3-5-12(11)20-13/h2-5,8H,6-7H2,1H3,(H,19,20)(H,18,21,22). The molecule has 5 nitrogen and oxygen atoms in total. The molecule has 0 spiro atoms. The topological polar surface area (TPSA) is 66.5 Å². The van der Waals surface area contributed by atoms with Crippen molar-refractivity contribution >= 4 is 50.0 Å². The largest absolute Gasteiger partial charge is 0.369 e. The molecule has 1 aromatic carbocycles. The van der Waals surface area contributed by atoms with Crippen molar-refractivity contribution in [1.82, 2.24) is 19.9 Å². The molecule has 0 amide bonds. The van der Waals surface area contributed by atoms with Gasteiger partial charge < -0.3 is 10.3 Å². The second-order valence-corrected chi connectivity index (χ2v) is 6.87. The molecule has 0 bridgehead atoms. The highest BCUT2D eigenvalue weighted by Gasteiger charge is 2.10. The minimum atomic E-state index is 0.269. The number of benzene rings is 1. The molecule has 0 fully saturated rings. The summed E-state index contributed by atoms with van der Waals surface area (Å²) in [4.78, 5) is 18.6. The number of fused-ring (bicyclic) bond motifs is 2. The Morgan fingerprint density at radius 1 is 1.22 bits per heavy atom. The number of imidazole rings is 1. The number of anilines is 1. The van der Waals surface area contributed by atoms with Crippen LogP contribution in [0.1, 0.15) is 10.7 Å². The first-order chi connectivity index (χ1) is 11.2. The summed E-state index contributed by atoms with van der Waals surface area (Å²) in [6.45, 7) is 2.77. The lowest BCUT2D eigenvalue weighted by molar-refractivity contribution is 0.929. The number of halogens is 1. The van der Waals surface area contributed by atoms with E-state index in [1.807, 2.05) is 24.3 Å². The Kier molecular flexibility index (Phi) is 3.63. The van der Waals surface area contributed by atoms with Crippen molar-refractivity contribution in [1.29, 1.82) is 0 Å². The van der Waals surface area contributed by atoms with Crippen molar-refractivity contribution in [3.8, 4) is 0 Å². The highest BCUT2D eigenvalue weighted by atomic mass is 35.5. The molecule has 116 valence electrons. The fraction of sp³-hybridized carbons (Fsp3) is 0.188. The van der Waals surface area contributed by atoms with Gasteiger partial charge in [0.05, 0.1) is 16.4 Å². The van der Waals surface area contributed by atoms with Crippen molar-refractivity contribution in [2.45, 2.75) is 13.3 Å². The van der Waals surface area contributed by atoms with E-state index in [4.69, 9.17) is 11.6 Å². The van der Waals surface area contributed by atoms with Gasteiger partial charge in [0.2, 0.25) is 5.28 Å². The maximum absolute atomic E-state index is 6.01. The van der Waals surface area contributed by atoms with Crippen molar-refractivity contribution in [2.24, 2.45) is 0 Å². The van der Waals surface area contributed by atoms with Gasteiger partial charge in [0.15, 0.2) is 0 Å². The number of hydrogen-bond donors (Lipinski definition) is 2. The van der Waals surface area contributed by atoms with Gasteiger partial charge >= 0.3 is 0 Å². The summed E-state index contributed by atoms with van der Waals surface area (Å²) in [6.07, 6.45) is 0.779. The van der Waals surface area contributed by atoms with Crippen molar-refractivity contribution < 1.29 is 0 Å². The van der Waals surface area contributed by atoms with Crippen LogP contribution in [-0.4, -0.2) is 26.5 Å². The summed E-state index contributed by atoms with van der Waals surface area (Å²) >= 11 is 7.63. The number of para-hydroxylation sites is 2. The van der Waals surface area contributed by atoms with Crippen LogP contribution in [0.3, 0.4) is 0 Å². The number of rotatable bonds is 4. The van der Waals surface area contributed by atoms with E-state index in [0.717, 1.165) is 45.9 Å². The van der Waals surface area contributed by atoms with Crippen molar-refractivity contribution in [2.75, 3.05) is 11.9 Å². The molecule has 0 aliphatic heterocycles. The number of H-pyrrole nitrogens is 1. The van der Waals surface area contributed by atoms with Gasteiger partial charge in [-0.2, -0.15) is 0 Å². The number of aromatic amines is 1. The molecule has 23 heavy (non-hydrogen) atoms. The first-order valence-electron chi connectivity index (χ1n) is 7.30. The predicted molar refractivity (Wildman–Crippen MR) is 95.4 cm³/mol. The molecule has 0 unspecified atom stereocenters. The molecule has 0 saturated heterocycles. The molecule has 0 aliphatic rings. The van der Waals surface area contributed by atoms with E-state index in [2.05, 4.69) is 38.2 Å². The summed E-state index contributed by atoms with van der Waals surface area (Å²) < 4.78 is 0. The Balaban J connectivity index is 1.52. The lowest BCUT2D eigenvalue weighted by atomic mass is 10.3. The van der Waals surface area contributed by atoms with Gasteiger partial charge in [0.1, 0.15) is 16.5 Å². The minimum absolute atomic E-state index is 0.269. The summed E-state index contributed by atoms with van der Waals surface area (Å²) in [6, 6.07) is 10.1. The molecule has 0 saturated carbocycles. The molecule has 4 rings (SSSR count). The van der Waals surface area contributed by atoms with Crippen LogP contribution in [0.2, 0.25) is 5.28 Å². The van der Waals surface area contributed by atoms with Gasteiger partial charge in [-0.25, -0.2) is 15.0 Å².